The third-order valence-electron chi connectivity index (χ3n) is 3.64. The molecule has 0 unspecified atom stereocenters. The van der Waals surface area contributed by atoms with Gasteiger partial charge in [0.25, 0.3) is 5.89 Å². The zero-order valence-corrected chi connectivity index (χ0v) is 14.4. The Morgan fingerprint density at radius 3 is 2.81 bits per heavy atom. The maximum absolute atomic E-state index is 11.9. The molecule has 0 atom stereocenters. The van der Waals surface area contributed by atoms with Crippen LogP contribution < -0.4 is 4.74 Å². The van der Waals surface area contributed by atoms with Crippen LogP contribution in [0.2, 0.25) is 0 Å². The first-order valence-electron chi connectivity index (χ1n) is 7.91. The fourth-order valence-electron chi connectivity index (χ4n) is 2.40. The first kappa shape index (κ1) is 16.3. The molecule has 0 N–H and O–H groups in total. The smallest absolute Gasteiger partial charge is 0.344 e. The van der Waals surface area contributed by atoms with Crippen LogP contribution in [0.3, 0.4) is 0 Å². The molecule has 7 heteroatoms. The van der Waals surface area contributed by atoms with Crippen LogP contribution in [-0.4, -0.2) is 22.7 Å². The summed E-state index contributed by atoms with van der Waals surface area (Å²) in [5, 5.41) is 7.95. The molecule has 6 nitrogen and oxygen atoms in total. The SMILES string of the molecule is O=C(COc1ccc2ccccc2c1)OCc1nc(-c2cccs2)no1. The second-order valence-corrected chi connectivity index (χ2v) is 6.40. The Morgan fingerprint density at radius 2 is 1.96 bits per heavy atom. The van der Waals surface area contributed by atoms with Gasteiger partial charge >= 0.3 is 5.97 Å². The number of carbonyl (C=O) groups excluding carboxylic acids is 1. The average Bonchev–Trinajstić information content (AvgIpc) is 3.36. The summed E-state index contributed by atoms with van der Waals surface area (Å²) in [5.41, 5.74) is 0. The van der Waals surface area contributed by atoms with Crippen molar-refractivity contribution in [1.29, 1.82) is 0 Å². The molecule has 0 bridgehead atoms. The minimum atomic E-state index is -0.506. The molecule has 0 fully saturated rings. The molecule has 0 aliphatic rings. The second-order valence-electron chi connectivity index (χ2n) is 5.45. The lowest BCUT2D eigenvalue weighted by Gasteiger charge is -2.06. The first-order chi connectivity index (χ1) is 12.8. The third kappa shape index (κ3) is 3.73. The number of ether oxygens (including phenoxy) is 2. The predicted octanol–water partition coefficient (Wildman–Crippen LogP) is 4.07. The lowest BCUT2D eigenvalue weighted by atomic mass is 10.1. The number of fused-ring (bicyclic) bond motifs is 1. The summed E-state index contributed by atoms with van der Waals surface area (Å²) in [6.45, 7) is -0.275. The third-order valence-corrected chi connectivity index (χ3v) is 4.51. The molecule has 0 saturated carbocycles. The van der Waals surface area contributed by atoms with E-state index in [-0.39, 0.29) is 19.1 Å². The minimum absolute atomic E-state index is 0.0850. The van der Waals surface area contributed by atoms with Gasteiger partial charge in [-0.3, -0.25) is 0 Å². The molecular weight excluding hydrogens is 352 g/mol. The summed E-state index contributed by atoms with van der Waals surface area (Å²) in [6, 6.07) is 17.4. The van der Waals surface area contributed by atoms with Crippen LogP contribution in [0.1, 0.15) is 5.89 Å². The van der Waals surface area contributed by atoms with E-state index in [1.54, 1.807) is 0 Å². The molecule has 0 saturated heterocycles. The number of aromatic nitrogens is 2. The van der Waals surface area contributed by atoms with Gasteiger partial charge in [0.2, 0.25) is 5.82 Å². The van der Waals surface area contributed by atoms with Gasteiger partial charge in [-0.2, -0.15) is 4.98 Å². The van der Waals surface area contributed by atoms with Crippen molar-refractivity contribution >= 4 is 28.1 Å². The summed E-state index contributed by atoms with van der Waals surface area (Å²) in [4.78, 5) is 16.9. The van der Waals surface area contributed by atoms with Crippen LogP contribution in [0.15, 0.2) is 64.5 Å². The molecule has 2 aromatic heterocycles. The lowest BCUT2D eigenvalue weighted by Crippen LogP contribution is -2.14. The Labute approximate surface area is 153 Å². The highest BCUT2D eigenvalue weighted by Crippen LogP contribution is 2.22. The molecular formula is C19H14N2O4S. The van der Waals surface area contributed by atoms with Crippen LogP contribution in [-0.2, 0) is 16.1 Å². The van der Waals surface area contributed by atoms with Gasteiger partial charge in [-0.1, -0.05) is 41.6 Å². The van der Waals surface area contributed by atoms with Crippen molar-refractivity contribution in [2.45, 2.75) is 6.61 Å². The molecule has 2 heterocycles. The van der Waals surface area contributed by atoms with E-state index in [2.05, 4.69) is 10.1 Å². The lowest BCUT2D eigenvalue weighted by molar-refractivity contribution is -0.148. The van der Waals surface area contributed by atoms with Gasteiger partial charge in [0.05, 0.1) is 4.88 Å². The van der Waals surface area contributed by atoms with E-state index in [0.717, 1.165) is 15.6 Å². The zero-order valence-electron chi connectivity index (χ0n) is 13.6. The minimum Gasteiger partial charge on any atom is -0.482 e. The average molecular weight is 366 g/mol. The number of hydrogen-bond acceptors (Lipinski definition) is 7. The van der Waals surface area contributed by atoms with E-state index in [0.29, 0.717) is 11.6 Å². The maximum Gasteiger partial charge on any atom is 0.344 e. The number of thiophene rings is 1. The molecule has 0 amide bonds. The highest BCUT2D eigenvalue weighted by molar-refractivity contribution is 7.13. The Bertz CT molecular complexity index is 1030. The largest absolute Gasteiger partial charge is 0.482 e. The molecule has 130 valence electrons. The number of esters is 1. The highest BCUT2D eigenvalue weighted by Gasteiger charge is 2.12. The molecule has 0 aliphatic heterocycles. The Hall–Kier alpha value is -3.19. The molecule has 4 rings (SSSR count). The van der Waals surface area contributed by atoms with Crippen molar-refractivity contribution in [3.8, 4) is 16.5 Å². The van der Waals surface area contributed by atoms with Gasteiger partial charge in [-0.05, 0) is 34.4 Å². The monoisotopic (exact) mass is 366 g/mol. The first-order valence-corrected chi connectivity index (χ1v) is 8.79. The van der Waals surface area contributed by atoms with Gasteiger partial charge in [-0.25, -0.2) is 4.79 Å². The fourth-order valence-corrected chi connectivity index (χ4v) is 3.05. The van der Waals surface area contributed by atoms with Crippen molar-refractivity contribution in [3.63, 3.8) is 0 Å². The summed E-state index contributed by atoms with van der Waals surface area (Å²) in [7, 11) is 0. The Balaban J connectivity index is 1.30. The standard InChI is InChI=1S/C19H14N2O4S/c22-18(12-23-15-8-7-13-4-1-2-5-14(13)10-15)24-11-17-20-19(21-25-17)16-6-3-9-26-16/h1-10H,11-12H2. The summed E-state index contributed by atoms with van der Waals surface area (Å²) in [6.07, 6.45) is 0. The van der Waals surface area contributed by atoms with E-state index in [1.165, 1.54) is 11.3 Å². The van der Waals surface area contributed by atoms with E-state index in [4.69, 9.17) is 14.0 Å². The summed E-state index contributed by atoms with van der Waals surface area (Å²) >= 11 is 1.51. The van der Waals surface area contributed by atoms with Gasteiger partial charge < -0.3 is 14.0 Å². The van der Waals surface area contributed by atoms with E-state index in [1.807, 2.05) is 60.0 Å². The van der Waals surface area contributed by atoms with Crippen LogP contribution in [0.4, 0.5) is 0 Å². The molecule has 4 aromatic rings. The van der Waals surface area contributed by atoms with Gasteiger partial charge in [0.15, 0.2) is 13.2 Å². The quantitative estimate of drug-likeness (QED) is 0.479. The highest BCUT2D eigenvalue weighted by atomic mass is 32.1. The van der Waals surface area contributed by atoms with Crippen LogP contribution >= 0.6 is 11.3 Å². The number of rotatable bonds is 6. The number of carbonyl (C=O) groups is 1. The fraction of sp³-hybridized carbons (Fsp3) is 0.105. The molecule has 0 spiro atoms. The van der Waals surface area contributed by atoms with Crippen LogP contribution in [0.25, 0.3) is 21.5 Å². The molecule has 2 aromatic carbocycles. The maximum atomic E-state index is 11.9. The van der Waals surface area contributed by atoms with E-state index >= 15 is 0 Å². The summed E-state index contributed by atoms with van der Waals surface area (Å²) in [5.74, 6) is 0.832. The predicted molar refractivity (Wildman–Crippen MR) is 96.9 cm³/mol. The van der Waals surface area contributed by atoms with Gasteiger partial charge in [0.1, 0.15) is 5.75 Å². The van der Waals surface area contributed by atoms with Crippen molar-refractivity contribution in [3.05, 3.63) is 65.9 Å². The van der Waals surface area contributed by atoms with Crippen molar-refractivity contribution in [2.24, 2.45) is 0 Å². The Kier molecular flexibility index (Phi) is 4.61. The van der Waals surface area contributed by atoms with Gasteiger partial charge in [0, 0.05) is 0 Å². The molecule has 0 radical (unpaired) electrons. The normalized spacial score (nSPS) is 10.8. The topological polar surface area (TPSA) is 74.5 Å². The second kappa shape index (κ2) is 7.37. The molecule has 26 heavy (non-hydrogen) atoms. The number of benzene rings is 2. The zero-order chi connectivity index (χ0) is 17.8. The van der Waals surface area contributed by atoms with Crippen molar-refractivity contribution in [1.82, 2.24) is 10.1 Å². The van der Waals surface area contributed by atoms with E-state index < -0.39 is 5.97 Å². The number of nitrogens with zero attached hydrogens (tertiary/aromatic N) is 2. The van der Waals surface area contributed by atoms with Gasteiger partial charge in [-0.15, -0.1) is 11.3 Å². The van der Waals surface area contributed by atoms with Crippen LogP contribution in [0.5, 0.6) is 5.75 Å². The Morgan fingerprint density at radius 1 is 1.08 bits per heavy atom. The molecule has 0 aliphatic carbocycles. The van der Waals surface area contributed by atoms with Crippen molar-refractivity contribution < 1.29 is 18.8 Å². The number of hydrogen-bond donors (Lipinski definition) is 0. The van der Waals surface area contributed by atoms with Crippen molar-refractivity contribution in [2.75, 3.05) is 6.61 Å². The van der Waals surface area contributed by atoms with E-state index in [9.17, 15) is 4.79 Å². The van der Waals surface area contributed by atoms with Crippen LogP contribution in [0, 0.1) is 0 Å². The summed E-state index contributed by atoms with van der Waals surface area (Å²) < 4.78 is 15.7.